The molecule has 3 aliphatic rings. The Morgan fingerprint density at radius 1 is 0.745 bits per heavy atom. The van der Waals surface area contributed by atoms with E-state index >= 15 is 0 Å². The molecular formula is C38H43N3O6. The van der Waals surface area contributed by atoms with Crippen LogP contribution >= 0.6 is 0 Å². The average Bonchev–Trinajstić information content (AvgIpc) is 3.65. The van der Waals surface area contributed by atoms with Gasteiger partial charge in [-0.25, -0.2) is 4.79 Å². The number of ether oxygens (including phenoxy) is 2. The van der Waals surface area contributed by atoms with Gasteiger partial charge in [-0.15, -0.1) is 0 Å². The molecule has 47 heavy (non-hydrogen) atoms. The van der Waals surface area contributed by atoms with Gasteiger partial charge in [-0.05, 0) is 74.8 Å². The van der Waals surface area contributed by atoms with Crippen LogP contribution in [0, 0.1) is 0 Å². The third-order valence-electron chi connectivity index (χ3n) is 9.48. The number of carbonyl (C=O) groups excluding carboxylic acids is 4. The average molecular weight is 638 g/mol. The van der Waals surface area contributed by atoms with Crippen molar-refractivity contribution >= 4 is 29.6 Å². The first-order chi connectivity index (χ1) is 22.5. The molecule has 3 aromatic carbocycles. The number of methoxy groups -OCH3 is 1. The van der Waals surface area contributed by atoms with Crippen molar-refractivity contribution in [1.82, 2.24) is 9.80 Å². The summed E-state index contributed by atoms with van der Waals surface area (Å²) in [7, 11) is 1.35. The zero-order chi connectivity index (χ0) is 33.3. The molecule has 3 aliphatic heterocycles. The van der Waals surface area contributed by atoms with E-state index in [0.717, 1.165) is 22.3 Å². The van der Waals surface area contributed by atoms with Crippen LogP contribution in [-0.4, -0.2) is 70.6 Å². The fraction of sp³-hybridized carbons (Fsp3) is 0.421. The number of rotatable bonds is 6. The van der Waals surface area contributed by atoms with Gasteiger partial charge in [0.15, 0.2) is 0 Å². The van der Waals surface area contributed by atoms with Crippen molar-refractivity contribution in [2.45, 2.75) is 95.6 Å². The smallest absolute Gasteiger partial charge is 0.415 e. The van der Waals surface area contributed by atoms with E-state index in [1.54, 1.807) is 30.6 Å². The molecule has 0 bridgehead atoms. The number of nitrogens with zero attached hydrogens (tertiary/aromatic N) is 3. The molecule has 0 radical (unpaired) electrons. The fourth-order valence-electron chi connectivity index (χ4n) is 7.33. The summed E-state index contributed by atoms with van der Waals surface area (Å²) in [5.74, 6) is -0.840. The predicted molar refractivity (Wildman–Crippen MR) is 178 cm³/mol. The minimum Gasteiger partial charge on any atom is -0.469 e. The Hall–Kier alpha value is -4.66. The molecule has 3 heterocycles. The fourth-order valence-corrected chi connectivity index (χ4v) is 7.33. The lowest BCUT2D eigenvalue weighted by atomic mass is 9.91. The molecule has 9 heteroatoms. The maximum Gasteiger partial charge on any atom is 0.415 e. The molecule has 3 aromatic rings. The molecule has 0 unspecified atom stereocenters. The first kappa shape index (κ1) is 32.3. The van der Waals surface area contributed by atoms with Crippen LogP contribution in [-0.2, 0) is 49.7 Å². The largest absolute Gasteiger partial charge is 0.469 e. The molecule has 0 aliphatic carbocycles. The Balaban J connectivity index is 1.36. The lowest BCUT2D eigenvalue weighted by molar-refractivity contribution is -0.150. The van der Waals surface area contributed by atoms with Crippen molar-refractivity contribution in [2.75, 3.05) is 12.0 Å². The monoisotopic (exact) mass is 637 g/mol. The quantitative estimate of drug-likeness (QED) is 0.333. The molecule has 0 spiro atoms. The minimum absolute atomic E-state index is 0.0645. The SMILES string of the molecule is COC(=O)C[C@H]1Cc2ccccc2CN1C(=O)[C@H]1CC[C@@H](Cc2ccccc2)N1C(=O)[C@H]1Cc2ccccc2N1C(=O)OC(C)(C)C. The maximum absolute atomic E-state index is 14.9. The normalized spacial score (nSPS) is 22.0. The molecule has 3 amide bonds. The topological polar surface area (TPSA) is 96.5 Å². The van der Waals surface area contributed by atoms with Crippen LogP contribution in [0.2, 0.25) is 0 Å². The first-order valence-electron chi connectivity index (χ1n) is 16.4. The Kier molecular flexibility index (Phi) is 9.08. The van der Waals surface area contributed by atoms with E-state index in [1.165, 1.54) is 12.0 Å². The van der Waals surface area contributed by atoms with E-state index in [9.17, 15) is 19.2 Å². The van der Waals surface area contributed by atoms with Crippen LogP contribution in [0.4, 0.5) is 10.5 Å². The van der Waals surface area contributed by atoms with Crippen LogP contribution < -0.4 is 4.90 Å². The highest BCUT2D eigenvalue weighted by Crippen LogP contribution is 2.38. The van der Waals surface area contributed by atoms with Gasteiger partial charge in [0.2, 0.25) is 11.8 Å². The molecule has 1 saturated heterocycles. The second-order valence-electron chi connectivity index (χ2n) is 13.8. The second-order valence-corrected chi connectivity index (χ2v) is 13.8. The molecule has 0 N–H and O–H groups in total. The highest BCUT2D eigenvalue weighted by molar-refractivity contribution is 6.02. The molecule has 1 fully saturated rings. The Morgan fingerprint density at radius 3 is 2.11 bits per heavy atom. The van der Waals surface area contributed by atoms with E-state index in [1.807, 2.05) is 78.9 Å². The van der Waals surface area contributed by atoms with Gasteiger partial charge in [0.05, 0.1) is 19.2 Å². The van der Waals surface area contributed by atoms with Gasteiger partial charge >= 0.3 is 12.1 Å². The molecule has 4 atom stereocenters. The van der Waals surface area contributed by atoms with Crippen LogP contribution in [0.1, 0.15) is 62.3 Å². The van der Waals surface area contributed by atoms with E-state index < -0.39 is 29.8 Å². The van der Waals surface area contributed by atoms with Gasteiger partial charge in [-0.2, -0.15) is 0 Å². The first-order valence-corrected chi connectivity index (χ1v) is 16.4. The van der Waals surface area contributed by atoms with Gasteiger partial charge in [-0.3, -0.25) is 19.3 Å². The molecule has 0 aromatic heterocycles. The van der Waals surface area contributed by atoms with Crippen molar-refractivity contribution in [1.29, 1.82) is 0 Å². The molecule has 0 saturated carbocycles. The Bertz CT molecular complexity index is 1650. The van der Waals surface area contributed by atoms with Crippen molar-refractivity contribution in [3.05, 3.63) is 101 Å². The number of anilines is 1. The van der Waals surface area contributed by atoms with Crippen LogP contribution in [0.5, 0.6) is 0 Å². The molecule has 246 valence electrons. The van der Waals surface area contributed by atoms with Gasteiger partial charge in [0.25, 0.3) is 0 Å². The zero-order valence-corrected chi connectivity index (χ0v) is 27.6. The van der Waals surface area contributed by atoms with Crippen LogP contribution in [0.15, 0.2) is 78.9 Å². The van der Waals surface area contributed by atoms with Crippen molar-refractivity contribution < 1.29 is 28.7 Å². The number of likely N-dealkylation sites (tertiary alicyclic amines) is 1. The number of esters is 1. The number of carbonyl (C=O) groups is 4. The van der Waals surface area contributed by atoms with E-state index in [-0.39, 0.29) is 30.2 Å². The van der Waals surface area contributed by atoms with E-state index in [0.29, 0.717) is 44.3 Å². The molecule has 6 rings (SSSR count). The number of fused-ring (bicyclic) bond motifs is 2. The lowest BCUT2D eigenvalue weighted by Gasteiger charge is -2.41. The number of hydrogen-bond acceptors (Lipinski definition) is 6. The number of hydrogen-bond donors (Lipinski definition) is 0. The van der Waals surface area contributed by atoms with Crippen molar-refractivity contribution in [3.8, 4) is 0 Å². The third-order valence-corrected chi connectivity index (χ3v) is 9.48. The maximum atomic E-state index is 14.9. The predicted octanol–water partition coefficient (Wildman–Crippen LogP) is 5.47. The number of para-hydroxylation sites is 1. The summed E-state index contributed by atoms with van der Waals surface area (Å²) in [6, 6.07) is 23.2. The third kappa shape index (κ3) is 6.75. The molecular weight excluding hydrogens is 594 g/mol. The van der Waals surface area contributed by atoms with Crippen LogP contribution in [0.3, 0.4) is 0 Å². The summed E-state index contributed by atoms with van der Waals surface area (Å²) < 4.78 is 10.8. The number of amides is 3. The Morgan fingerprint density at radius 2 is 1.40 bits per heavy atom. The van der Waals surface area contributed by atoms with E-state index in [4.69, 9.17) is 9.47 Å². The summed E-state index contributed by atoms with van der Waals surface area (Å²) in [5.41, 5.74) is 3.96. The zero-order valence-electron chi connectivity index (χ0n) is 27.6. The van der Waals surface area contributed by atoms with Gasteiger partial charge < -0.3 is 19.3 Å². The number of benzene rings is 3. The van der Waals surface area contributed by atoms with Crippen LogP contribution in [0.25, 0.3) is 0 Å². The molecule has 9 nitrogen and oxygen atoms in total. The summed E-state index contributed by atoms with van der Waals surface area (Å²) in [6.07, 6.45) is 2.02. The van der Waals surface area contributed by atoms with E-state index in [2.05, 4.69) is 0 Å². The summed E-state index contributed by atoms with van der Waals surface area (Å²) in [6.45, 7) is 5.75. The second kappa shape index (κ2) is 13.2. The highest BCUT2D eigenvalue weighted by Gasteiger charge is 2.50. The summed E-state index contributed by atoms with van der Waals surface area (Å²) in [5, 5.41) is 0. The van der Waals surface area contributed by atoms with Crippen molar-refractivity contribution in [2.24, 2.45) is 0 Å². The Labute approximate surface area is 276 Å². The lowest BCUT2D eigenvalue weighted by Crippen LogP contribution is -2.59. The van der Waals surface area contributed by atoms with Crippen molar-refractivity contribution in [3.63, 3.8) is 0 Å². The minimum atomic E-state index is -0.859. The standard InChI is InChI=1S/C38H43N3O6/c1-38(2,3)47-37(45)41-31-17-11-10-15-27(31)22-33(41)36(44)40-29(20-25-12-6-5-7-13-25)18-19-32(40)35(43)39-24-28-16-9-8-14-26(28)21-30(39)23-34(42)46-4/h5-17,29-30,32-33H,18-24H2,1-4H3/t29-,30+,32+,33+/m0/s1. The van der Waals surface area contributed by atoms with Gasteiger partial charge in [-0.1, -0.05) is 72.8 Å². The van der Waals surface area contributed by atoms with Gasteiger partial charge in [0.1, 0.15) is 17.7 Å². The highest BCUT2D eigenvalue weighted by atomic mass is 16.6. The summed E-state index contributed by atoms with van der Waals surface area (Å²) in [4.78, 5) is 60.8. The summed E-state index contributed by atoms with van der Waals surface area (Å²) >= 11 is 0. The van der Waals surface area contributed by atoms with Gasteiger partial charge in [0, 0.05) is 25.0 Å².